The SMILES string of the molecule is O=S(=O)(NC1CCCN(c2cnccn2)C1)C1CC1. The second-order valence-corrected chi connectivity index (χ2v) is 7.20. The quantitative estimate of drug-likeness (QED) is 0.871. The predicted octanol–water partition coefficient (Wildman–Crippen LogP) is 0.527. The molecule has 2 heterocycles. The van der Waals surface area contributed by atoms with Gasteiger partial charge in [0, 0.05) is 31.5 Å². The molecule has 0 spiro atoms. The maximum Gasteiger partial charge on any atom is 0.214 e. The van der Waals surface area contributed by atoms with E-state index in [9.17, 15) is 8.42 Å². The second kappa shape index (κ2) is 5.05. The van der Waals surface area contributed by atoms with Crippen molar-refractivity contribution in [2.75, 3.05) is 18.0 Å². The van der Waals surface area contributed by atoms with Crippen molar-refractivity contribution in [3.8, 4) is 0 Å². The third kappa shape index (κ3) is 3.03. The first-order valence-corrected chi connectivity index (χ1v) is 8.22. The standard InChI is InChI=1S/C12H18N4O2S/c17-19(18,11-3-4-11)15-10-2-1-7-16(9-10)12-8-13-5-6-14-12/h5-6,8,10-11,15H,1-4,7,9H2. The molecule has 7 heteroatoms. The molecule has 1 saturated carbocycles. The fourth-order valence-electron chi connectivity index (χ4n) is 2.44. The molecule has 104 valence electrons. The van der Waals surface area contributed by atoms with Gasteiger partial charge in [-0.05, 0) is 25.7 Å². The Hall–Kier alpha value is -1.21. The van der Waals surface area contributed by atoms with Crippen LogP contribution in [0, 0.1) is 0 Å². The van der Waals surface area contributed by atoms with Gasteiger partial charge in [0.25, 0.3) is 0 Å². The van der Waals surface area contributed by atoms with Gasteiger partial charge in [0.2, 0.25) is 10.0 Å². The van der Waals surface area contributed by atoms with Crippen molar-refractivity contribution in [3.63, 3.8) is 0 Å². The average molecular weight is 282 g/mol. The molecule has 6 nitrogen and oxygen atoms in total. The van der Waals surface area contributed by atoms with Crippen LogP contribution >= 0.6 is 0 Å². The third-order valence-electron chi connectivity index (χ3n) is 3.59. The van der Waals surface area contributed by atoms with E-state index in [1.165, 1.54) is 0 Å². The average Bonchev–Trinajstić information content (AvgIpc) is 3.24. The van der Waals surface area contributed by atoms with Gasteiger partial charge in [0.15, 0.2) is 0 Å². The summed E-state index contributed by atoms with van der Waals surface area (Å²) in [6, 6.07) is -0.0126. The first-order chi connectivity index (χ1) is 9.15. The zero-order valence-electron chi connectivity index (χ0n) is 10.7. The minimum Gasteiger partial charge on any atom is -0.354 e. The van der Waals surface area contributed by atoms with E-state index in [1.807, 2.05) is 0 Å². The highest BCUT2D eigenvalue weighted by molar-refractivity contribution is 7.90. The van der Waals surface area contributed by atoms with Crippen LogP contribution in [0.4, 0.5) is 5.82 Å². The number of nitrogens with one attached hydrogen (secondary N) is 1. The highest BCUT2D eigenvalue weighted by Crippen LogP contribution is 2.28. The monoisotopic (exact) mass is 282 g/mol. The first kappa shape index (κ1) is 12.8. The summed E-state index contributed by atoms with van der Waals surface area (Å²) in [6.45, 7) is 1.57. The van der Waals surface area contributed by atoms with E-state index in [0.29, 0.717) is 6.54 Å². The number of piperidine rings is 1. The van der Waals surface area contributed by atoms with Crippen molar-refractivity contribution in [2.45, 2.75) is 37.0 Å². The molecule has 1 atom stereocenters. The maximum atomic E-state index is 11.9. The van der Waals surface area contributed by atoms with Crippen LogP contribution in [0.25, 0.3) is 0 Å². The molecule has 19 heavy (non-hydrogen) atoms. The van der Waals surface area contributed by atoms with Crippen molar-refractivity contribution in [3.05, 3.63) is 18.6 Å². The highest BCUT2D eigenvalue weighted by atomic mass is 32.2. The van der Waals surface area contributed by atoms with Gasteiger partial charge in [0.1, 0.15) is 5.82 Å². The van der Waals surface area contributed by atoms with Gasteiger partial charge in [-0.25, -0.2) is 18.1 Å². The largest absolute Gasteiger partial charge is 0.354 e. The lowest BCUT2D eigenvalue weighted by molar-refractivity contribution is 0.463. The zero-order valence-corrected chi connectivity index (χ0v) is 11.5. The lowest BCUT2D eigenvalue weighted by Crippen LogP contribution is -2.48. The van der Waals surface area contributed by atoms with E-state index in [0.717, 1.165) is 38.0 Å². The first-order valence-electron chi connectivity index (χ1n) is 6.67. The van der Waals surface area contributed by atoms with E-state index in [1.54, 1.807) is 18.6 Å². The highest BCUT2D eigenvalue weighted by Gasteiger charge is 2.37. The molecule has 1 unspecified atom stereocenters. The van der Waals surface area contributed by atoms with Crippen molar-refractivity contribution in [1.29, 1.82) is 0 Å². The molecule has 1 N–H and O–H groups in total. The summed E-state index contributed by atoms with van der Waals surface area (Å²) in [5, 5.41) is -0.153. The molecule has 3 rings (SSSR count). The number of sulfonamides is 1. The smallest absolute Gasteiger partial charge is 0.214 e. The molecule has 2 fully saturated rings. The predicted molar refractivity (Wildman–Crippen MR) is 72.3 cm³/mol. The molecule has 2 aliphatic rings. The van der Waals surface area contributed by atoms with Crippen LogP contribution in [0.2, 0.25) is 0 Å². The molecule has 0 radical (unpaired) electrons. The second-order valence-electron chi connectivity index (χ2n) is 5.21. The van der Waals surface area contributed by atoms with Crippen LogP contribution in [0.5, 0.6) is 0 Å². The molecule has 1 saturated heterocycles. The van der Waals surface area contributed by atoms with Gasteiger partial charge < -0.3 is 4.90 Å². The lowest BCUT2D eigenvalue weighted by atomic mass is 10.1. The van der Waals surface area contributed by atoms with Gasteiger partial charge in [-0.1, -0.05) is 0 Å². The van der Waals surface area contributed by atoms with Crippen LogP contribution in [0.1, 0.15) is 25.7 Å². The summed E-state index contributed by atoms with van der Waals surface area (Å²) in [5.41, 5.74) is 0. The topological polar surface area (TPSA) is 75.2 Å². The summed E-state index contributed by atoms with van der Waals surface area (Å²) in [7, 11) is -3.11. The van der Waals surface area contributed by atoms with E-state index in [2.05, 4.69) is 19.6 Å². The molecular formula is C12H18N4O2S. The molecule has 1 aromatic rings. The van der Waals surface area contributed by atoms with Gasteiger partial charge in [-0.15, -0.1) is 0 Å². The van der Waals surface area contributed by atoms with Crippen molar-refractivity contribution < 1.29 is 8.42 Å². The number of nitrogens with zero attached hydrogens (tertiary/aromatic N) is 3. The Bertz CT molecular complexity index is 530. The van der Waals surface area contributed by atoms with Crippen molar-refractivity contribution >= 4 is 15.8 Å². The van der Waals surface area contributed by atoms with Crippen molar-refractivity contribution in [2.24, 2.45) is 0 Å². The van der Waals surface area contributed by atoms with Gasteiger partial charge >= 0.3 is 0 Å². The zero-order chi connectivity index (χ0) is 13.3. The summed E-state index contributed by atoms with van der Waals surface area (Å²) in [5.74, 6) is 0.817. The van der Waals surface area contributed by atoms with E-state index < -0.39 is 10.0 Å². The summed E-state index contributed by atoms with van der Waals surface area (Å²) in [6.07, 6.45) is 8.48. The molecule has 0 bridgehead atoms. The van der Waals surface area contributed by atoms with E-state index >= 15 is 0 Å². The summed E-state index contributed by atoms with van der Waals surface area (Å²) in [4.78, 5) is 10.4. The van der Waals surface area contributed by atoms with Crippen LogP contribution in [0.15, 0.2) is 18.6 Å². The fraction of sp³-hybridized carbons (Fsp3) is 0.667. The summed E-state index contributed by atoms with van der Waals surface area (Å²) < 4.78 is 26.7. The Morgan fingerprint density at radius 1 is 1.26 bits per heavy atom. The Morgan fingerprint density at radius 2 is 2.11 bits per heavy atom. The molecule has 1 aromatic heterocycles. The van der Waals surface area contributed by atoms with E-state index in [4.69, 9.17) is 0 Å². The molecule has 1 aliphatic heterocycles. The maximum absolute atomic E-state index is 11.9. The van der Waals surface area contributed by atoms with Crippen LogP contribution in [-0.4, -0.2) is 42.8 Å². The van der Waals surface area contributed by atoms with Crippen LogP contribution in [0.3, 0.4) is 0 Å². The summed E-state index contributed by atoms with van der Waals surface area (Å²) >= 11 is 0. The van der Waals surface area contributed by atoms with Gasteiger partial charge in [0.05, 0.1) is 11.4 Å². The van der Waals surface area contributed by atoms with Gasteiger partial charge in [-0.2, -0.15) is 0 Å². The minimum atomic E-state index is -3.11. The lowest BCUT2D eigenvalue weighted by Gasteiger charge is -2.33. The third-order valence-corrected chi connectivity index (χ3v) is 5.60. The normalized spacial score (nSPS) is 24.4. The van der Waals surface area contributed by atoms with Gasteiger partial charge in [-0.3, -0.25) is 4.98 Å². The number of rotatable bonds is 4. The van der Waals surface area contributed by atoms with Crippen molar-refractivity contribution in [1.82, 2.24) is 14.7 Å². The van der Waals surface area contributed by atoms with Crippen LogP contribution < -0.4 is 9.62 Å². The molecular weight excluding hydrogens is 264 g/mol. The Kier molecular flexibility index (Phi) is 3.40. The Balaban J connectivity index is 1.65. The molecule has 0 aromatic carbocycles. The number of hydrogen-bond acceptors (Lipinski definition) is 5. The minimum absolute atomic E-state index is 0.0126. The van der Waals surface area contributed by atoms with Crippen LogP contribution in [-0.2, 0) is 10.0 Å². The molecule has 1 aliphatic carbocycles. The number of anilines is 1. The van der Waals surface area contributed by atoms with E-state index in [-0.39, 0.29) is 11.3 Å². The fourth-order valence-corrected chi connectivity index (χ4v) is 4.05. The Morgan fingerprint density at radius 3 is 2.79 bits per heavy atom. The number of hydrogen-bond donors (Lipinski definition) is 1. The Labute approximate surface area is 113 Å². The molecule has 0 amide bonds. The number of aromatic nitrogens is 2.